The first-order chi connectivity index (χ1) is 8.04. The summed E-state index contributed by atoms with van der Waals surface area (Å²) in [6.07, 6.45) is -4.64. The van der Waals surface area contributed by atoms with E-state index < -0.39 is 34.4 Å². The van der Waals surface area contributed by atoms with Gasteiger partial charge in [0, 0.05) is 7.05 Å². The number of hydrogen-bond donors (Lipinski definition) is 1. The fourth-order valence-electron chi connectivity index (χ4n) is 1.27. The fraction of sp³-hybridized carbons (Fsp3) is 0.500. The van der Waals surface area contributed by atoms with Gasteiger partial charge in [-0.15, -0.1) is 11.8 Å². The molecule has 10 heteroatoms. The maximum atomic E-state index is 13.2. The molecule has 0 aliphatic rings. The molecule has 102 valence electrons. The van der Waals surface area contributed by atoms with Crippen LogP contribution >= 0.6 is 11.8 Å². The molecule has 1 rings (SSSR count). The number of halogens is 5. The van der Waals surface area contributed by atoms with Crippen molar-refractivity contribution in [2.45, 2.75) is 17.0 Å². The van der Waals surface area contributed by atoms with Gasteiger partial charge in [0.1, 0.15) is 0 Å². The lowest BCUT2D eigenvalue weighted by Crippen LogP contribution is -2.34. The van der Waals surface area contributed by atoms with E-state index in [1.54, 1.807) is 0 Å². The first-order valence-electron chi connectivity index (χ1n) is 4.33. The molecule has 0 unspecified atom stereocenters. The van der Waals surface area contributed by atoms with Gasteiger partial charge < -0.3 is 5.11 Å². The van der Waals surface area contributed by atoms with Crippen molar-refractivity contribution in [2.75, 3.05) is 6.26 Å². The molecule has 1 aromatic rings. The Kier molecular flexibility index (Phi) is 3.61. The number of aryl methyl sites for hydroxylation is 1. The van der Waals surface area contributed by atoms with Gasteiger partial charge in [-0.3, -0.25) is 4.68 Å². The van der Waals surface area contributed by atoms with Crippen molar-refractivity contribution in [3.63, 3.8) is 0 Å². The van der Waals surface area contributed by atoms with Crippen LogP contribution in [0.5, 0.6) is 0 Å². The van der Waals surface area contributed by atoms with Crippen LogP contribution in [0.2, 0.25) is 0 Å². The van der Waals surface area contributed by atoms with E-state index >= 15 is 0 Å². The third-order valence-electron chi connectivity index (χ3n) is 2.06. The zero-order chi connectivity index (χ0) is 14.3. The van der Waals surface area contributed by atoms with Crippen molar-refractivity contribution in [3.8, 4) is 0 Å². The van der Waals surface area contributed by atoms with E-state index in [9.17, 15) is 26.7 Å². The zero-order valence-corrected chi connectivity index (χ0v) is 9.86. The highest BCUT2D eigenvalue weighted by Gasteiger charge is 2.62. The van der Waals surface area contributed by atoms with Crippen LogP contribution in [0.4, 0.5) is 22.0 Å². The standard InChI is InChI=1S/C8H7F5N2O2S/c1-15-3(6(16)17)4(18-2)5(14-15)7(9,10)8(11,12)13/h1-2H3,(H,16,17). The maximum absolute atomic E-state index is 13.2. The Labute approximate surface area is 102 Å². The minimum Gasteiger partial charge on any atom is -0.476 e. The molecule has 0 atom stereocenters. The lowest BCUT2D eigenvalue weighted by atomic mass is 10.2. The van der Waals surface area contributed by atoms with Gasteiger partial charge in [0.2, 0.25) is 0 Å². The summed E-state index contributed by atoms with van der Waals surface area (Å²) in [5, 5.41) is 11.7. The molecule has 1 heterocycles. The Morgan fingerprint density at radius 1 is 1.33 bits per heavy atom. The first kappa shape index (κ1) is 14.7. The van der Waals surface area contributed by atoms with Crippen LogP contribution in [0.1, 0.15) is 16.2 Å². The summed E-state index contributed by atoms with van der Waals surface area (Å²) in [4.78, 5) is 10.1. The normalized spacial score (nSPS) is 12.8. The summed E-state index contributed by atoms with van der Waals surface area (Å²) < 4.78 is 63.5. The van der Waals surface area contributed by atoms with Crippen LogP contribution in [0.3, 0.4) is 0 Å². The summed E-state index contributed by atoms with van der Waals surface area (Å²) in [5.41, 5.74) is -2.30. The minimum atomic E-state index is -5.83. The SMILES string of the molecule is CSc1c(C(F)(F)C(F)(F)F)nn(C)c1C(=O)O. The molecule has 4 nitrogen and oxygen atoms in total. The number of rotatable bonds is 3. The number of carboxylic acids is 1. The highest BCUT2D eigenvalue weighted by Crippen LogP contribution is 2.46. The summed E-state index contributed by atoms with van der Waals surface area (Å²) in [7, 11) is 0.985. The fourth-order valence-corrected chi connectivity index (χ4v) is 2.05. The third kappa shape index (κ3) is 2.16. The van der Waals surface area contributed by atoms with Gasteiger partial charge in [-0.25, -0.2) is 4.79 Å². The number of aromatic nitrogens is 2. The Hall–Kier alpha value is -1.32. The Morgan fingerprint density at radius 2 is 1.83 bits per heavy atom. The van der Waals surface area contributed by atoms with Crippen molar-refractivity contribution in [1.29, 1.82) is 0 Å². The summed E-state index contributed by atoms with van der Waals surface area (Å²) in [6, 6.07) is 0. The Bertz CT molecular complexity index is 483. The van der Waals surface area contributed by atoms with Gasteiger partial charge in [-0.1, -0.05) is 0 Å². The number of aromatic carboxylic acids is 1. The van der Waals surface area contributed by atoms with Crippen molar-refractivity contribution in [2.24, 2.45) is 7.05 Å². The topological polar surface area (TPSA) is 55.1 Å². The second-order valence-electron chi connectivity index (χ2n) is 3.23. The lowest BCUT2D eigenvalue weighted by molar-refractivity contribution is -0.292. The van der Waals surface area contributed by atoms with Gasteiger partial charge in [0.25, 0.3) is 0 Å². The predicted octanol–water partition coefficient (Wildman–Crippen LogP) is 2.49. The van der Waals surface area contributed by atoms with Gasteiger partial charge in [-0.05, 0) is 6.26 Å². The number of carboxylic acid groups (broad SMARTS) is 1. The molecule has 0 aliphatic carbocycles. The number of hydrogen-bond acceptors (Lipinski definition) is 3. The molecule has 1 aromatic heterocycles. The van der Waals surface area contributed by atoms with Crippen molar-refractivity contribution in [3.05, 3.63) is 11.4 Å². The predicted molar refractivity (Wildman–Crippen MR) is 51.9 cm³/mol. The summed E-state index contributed by atoms with van der Waals surface area (Å²) >= 11 is 0.470. The van der Waals surface area contributed by atoms with Gasteiger partial charge in [0.15, 0.2) is 11.4 Å². The van der Waals surface area contributed by atoms with E-state index in [0.29, 0.717) is 16.4 Å². The Morgan fingerprint density at radius 3 is 2.17 bits per heavy atom. The largest absolute Gasteiger partial charge is 0.476 e. The highest BCUT2D eigenvalue weighted by atomic mass is 32.2. The average molecular weight is 290 g/mol. The van der Waals surface area contributed by atoms with Crippen LogP contribution in [0, 0.1) is 0 Å². The smallest absolute Gasteiger partial charge is 0.459 e. The van der Waals surface area contributed by atoms with E-state index in [-0.39, 0.29) is 0 Å². The molecule has 0 fully saturated rings. The van der Waals surface area contributed by atoms with E-state index in [1.165, 1.54) is 6.26 Å². The molecular formula is C8H7F5N2O2S. The summed E-state index contributed by atoms with van der Waals surface area (Å²) in [6.45, 7) is 0. The van der Waals surface area contributed by atoms with E-state index in [4.69, 9.17) is 5.11 Å². The molecule has 0 radical (unpaired) electrons. The van der Waals surface area contributed by atoms with E-state index in [1.807, 2.05) is 0 Å². The number of thioether (sulfide) groups is 1. The van der Waals surface area contributed by atoms with Crippen LogP contribution in [-0.2, 0) is 13.0 Å². The van der Waals surface area contributed by atoms with Crippen LogP contribution in [-0.4, -0.2) is 33.3 Å². The second kappa shape index (κ2) is 4.41. The average Bonchev–Trinajstić information content (AvgIpc) is 2.53. The molecule has 18 heavy (non-hydrogen) atoms. The highest BCUT2D eigenvalue weighted by molar-refractivity contribution is 7.98. The third-order valence-corrected chi connectivity index (χ3v) is 2.86. The second-order valence-corrected chi connectivity index (χ2v) is 4.05. The van der Waals surface area contributed by atoms with E-state index in [2.05, 4.69) is 5.10 Å². The number of carbonyl (C=O) groups is 1. The van der Waals surface area contributed by atoms with Gasteiger partial charge >= 0.3 is 18.1 Å². The molecule has 0 spiro atoms. The van der Waals surface area contributed by atoms with Gasteiger partial charge in [-0.2, -0.15) is 27.1 Å². The summed E-state index contributed by atoms with van der Waals surface area (Å²) in [5.74, 6) is -6.82. The molecule has 0 amide bonds. The molecule has 0 bridgehead atoms. The van der Waals surface area contributed by atoms with E-state index in [0.717, 1.165) is 7.05 Å². The quantitative estimate of drug-likeness (QED) is 0.686. The molecule has 0 aliphatic heterocycles. The molecule has 0 aromatic carbocycles. The molecule has 0 saturated carbocycles. The van der Waals surface area contributed by atoms with Crippen molar-refractivity contribution < 1.29 is 31.9 Å². The van der Waals surface area contributed by atoms with Gasteiger partial charge in [0.05, 0.1) is 4.90 Å². The Balaban J connectivity index is 3.53. The monoisotopic (exact) mass is 290 g/mol. The lowest BCUT2D eigenvalue weighted by Gasteiger charge is -2.18. The molecular weight excluding hydrogens is 283 g/mol. The first-order valence-corrected chi connectivity index (χ1v) is 5.55. The number of alkyl halides is 5. The number of nitrogens with zero attached hydrogens (tertiary/aromatic N) is 2. The van der Waals surface area contributed by atoms with Crippen molar-refractivity contribution in [1.82, 2.24) is 9.78 Å². The van der Waals surface area contributed by atoms with Crippen LogP contribution < -0.4 is 0 Å². The van der Waals surface area contributed by atoms with Crippen molar-refractivity contribution >= 4 is 17.7 Å². The maximum Gasteiger partial charge on any atom is 0.459 e. The minimum absolute atomic E-state index is 0.470. The van der Waals surface area contributed by atoms with Crippen LogP contribution in [0.15, 0.2) is 4.90 Å². The molecule has 0 saturated heterocycles. The zero-order valence-electron chi connectivity index (χ0n) is 9.05. The molecule has 1 N–H and O–H groups in total. The van der Waals surface area contributed by atoms with Crippen LogP contribution in [0.25, 0.3) is 0 Å².